The van der Waals surface area contributed by atoms with Crippen LogP contribution in [0.15, 0.2) is 42.6 Å². The van der Waals surface area contributed by atoms with Crippen molar-refractivity contribution in [2.24, 2.45) is 5.92 Å². The van der Waals surface area contributed by atoms with Gasteiger partial charge < -0.3 is 5.32 Å². The molecular weight excluding hydrogens is 264 g/mol. The van der Waals surface area contributed by atoms with Gasteiger partial charge in [-0.1, -0.05) is 44.2 Å². The fourth-order valence-corrected chi connectivity index (χ4v) is 1.81. The molecule has 1 atom stereocenters. The number of aromatic nitrogens is 2. The maximum Gasteiger partial charge on any atom is 0.320 e. The minimum Gasteiger partial charge on any atom is -0.335 e. The van der Waals surface area contributed by atoms with Gasteiger partial charge in [-0.05, 0) is 18.4 Å². The van der Waals surface area contributed by atoms with Crippen molar-refractivity contribution < 1.29 is 4.79 Å². The highest BCUT2D eigenvalue weighted by atomic mass is 16.2. The van der Waals surface area contributed by atoms with Crippen LogP contribution in [0.4, 0.5) is 10.6 Å². The Labute approximate surface area is 125 Å². The summed E-state index contributed by atoms with van der Waals surface area (Å²) in [5.74, 6) is 0.950. The van der Waals surface area contributed by atoms with E-state index in [-0.39, 0.29) is 12.1 Å². The Morgan fingerprint density at radius 2 is 1.90 bits per heavy atom. The van der Waals surface area contributed by atoms with Crippen molar-refractivity contribution in [3.63, 3.8) is 0 Å². The average Bonchev–Trinajstić information content (AvgIpc) is 2.86. The lowest BCUT2D eigenvalue weighted by atomic mass is 10.1. The number of carbonyl (C=O) groups excluding carboxylic acids is 1. The molecule has 0 fully saturated rings. The van der Waals surface area contributed by atoms with E-state index in [0.717, 1.165) is 0 Å². The largest absolute Gasteiger partial charge is 0.335 e. The molecule has 0 bridgehead atoms. The van der Waals surface area contributed by atoms with Crippen molar-refractivity contribution in [3.8, 4) is 0 Å². The van der Waals surface area contributed by atoms with E-state index in [2.05, 4.69) is 29.6 Å². The smallest absolute Gasteiger partial charge is 0.320 e. The molecule has 112 valence electrons. The number of carbonyl (C=O) groups is 1. The molecule has 5 heteroatoms. The highest BCUT2D eigenvalue weighted by Crippen LogP contribution is 2.07. The number of rotatable bonds is 5. The van der Waals surface area contributed by atoms with Crippen LogP contribution in [0.3, 0.4) is 0 Å². The molecule has 1 aromatic carbocycles. The number of amides is 2. The van der Waals surface area contributed by atoms with Crippen molar-refractivity contribution in [2.45, 2.75) is 33.4 Å². The first-order valence-electron chi connectivity index (χ1n) is 7.19. The topological polar surface area (TPSA) is 59.0 Å². The number of nitrogens with one attached hydrogen (secondary N) is 2. The molecular formula is C16H22N4O. The molecule has 2 aromatic rings. The quantitative estimate of drug-likeness (QED) is 0.887. The van der Waals surface area contributed by atoms with Crippen molar-refractivity contribution in [3.05, 3.63) is 48.2 Å². The standard InChI is InChI=1S/C16H22N4O/c1-12(2)13(3)17-16(21)18-15-9-10-20(19-15)11-14-7-5-4-6-8-14/h4-10,12-13H,11H2,1-3H3,(H2,17,18,19,21). The number of anilines is 1. The SMILES string of the molecule is CC(C)C(C)NC(=O)Nc1ccn(Cc2ccccc2)n1. The van der Waals surface area contributed by atoms with E-state index >= 15 is 0 Å². The first-order chi connectivity index (χ1) is 10.0. The van der Waals surface area contributed by atoms with Crippen LogP contribution in [0.2, 0.25) is 0 Å². The van der Waals surface area contributed by atoms with Crippen molar-refractivity contribution in [1.29, 1.82) is 0 Å². The fraction of sp³-hybridized carbons (Fsp3) is 0.375. The molecule has 0 spiro atoms. The van der Waals surface area contributed by atoms with Gasteiger partial charge in [-0.2, -0.15) is 5.10 Å². The highest BCUT2D eigenvalue weighted by Gasteiger charge is 2.11. The van der Waals surface area contributed by atoms with Crippen LogP contribution in [0, 0.1) is 5.92 Å². The second-order valence-electron chi connectivity index (χ2n) is 5.52. The molecule has 5 nitrogen and oxygen atoms in total. The van der Waals surface area contributed by atoms with Gasteiger partial charge in [0.05, 0.1) is 6.54 Å². The molecule has 1 unspecified atom stereocenters. The van der Waals surface area contributed by atoms with E-state index in [1.165, 1.54) is 5.56 Å². The minimum atomic E-state index is -0.221. The second kappa shape index (κ2) is 6.92. The summed E-state index contributed by atoms with van der Waals surface area (Å²) in [6, 6.07) is 11.8. The molecule has 1 aromatic heterocycles. The van der Waals surface area contributed by atoms with Gasteiger partial charge in [-0.15, -0.1) is 0 Å². The molecule has 2 amide bonds. The number of hydrogen-bond donors (Lipinski definition) is 2. The number of urea groups is 1. The molecule has 0 aliphatic carbocycles. The Kier molecular flexibility index (Phi) is 4.98. The van der Waals surface area contributed by atoms with Crippen LogP contribution < -0.4 is 10.6 Å². The maximum absolute atomic E-state index is 11.8. The summed E-state index contributed by atoms with van der Waals surface area (Å²) >= 11 is 0. The summed E-state index contributed by atoms with van der Waals surface area (Å²) in [6.45, 7) is 6.81. The Bertz CT molecular complexity index is 577. The fourth-order valence-electron chi connectivity index (χ4n) is 1.81. The monoisotopic (exact) mass is 286 g/mol. The van der Waals surface area contributed by atoms with Gasteiger partial charge in [0, 0.05) is 18.3 Å². The zero-order valence-corrected chi connectivity index (χ0v) is 12.7. The van der Waals surface area contributed by atoms with Gasteiger partial charge >= 0.3 is 6.03 Å². The first-order valence-corrected chi connectivity index (χ1v) is 7.19. The lowest BCUT2D eigenvalue weighted by molar-refractivity contribution is 0.246. The van der Waals surface area contributed by atoms with E-state index in [9.17, 15) is 4.79 Å². The van der Waals surface area contributed by atoms with Crippen LogP contribution in [0.25, 0.3) is 0 Å². The molecule has 0 aliphatic heterocycles. The maximum atomic E-state index is 11.8. The van der Waals surface area contributed by atoms with Crippen LogP contribution in [-0.2, 0) is 6.54 Å². The minimum absolute atomic E-state index is 0.122. The lowest BCUT2D eigenvalue weighted by Crippen LogP contribution is -2.39. The molecule has 1 heterocycles. The third-order valence-electron chi connectivity index (χ3n) is 3.43. The van der Waals surface area contributed by atoms with Crippen molar-refractivity contribution >= 4 is 11.8 Å². The van der Waals surface area contributed by atoms with Crippen LogP contribution in [0.5, 0.6) is 0 Å². The predicted octanol–water partition coefficient (Wildman–Crippen LogP) is 3.10. The average molecular weight is 286 g/mol. The summed E-state index contributed by atoms with van der Waals surface area (Å²) in [6.07, 6.45) is 1.86. The number of benzene rings is 1. The van der Waals surface area contributed by atoms with E-state index in [4.69, 9.17) is 0 Å². The molecule has 0 saturated heterocycles. The van der Waals surface area contributed by atoms with E-state index < -0.39 is 0 Å². The van der Waals surface area contributed by atoms with E-state index in [1.807, 2.05) is 43.5 Å². The molecule has 0 aliphatic rings. The Hall–Kier alpha value is -2.30. The van der Waals surface area contributed by atoms with Gasteiger partial charge in [0.15, 0.2) is 5.82 Å². The predicted molar refractivity (Wildman–Crippen MR) is 84.2 cm³/mol. The Morgan fingerprint density at radius 1 is 1.19 bits per heavy atom. The highest BCUT2D eigenvalue weighted by molar-refractivity contribution is 5.88. The third kappa shape index (κ3) is 4.63. The van der Waals surface area contributed by atoms with Gasteiger partial charge in [0.1, 0.15) is 0 Å². The zero-order chi connectivity index (χ0) is 15.2. The van der Waals surface area contributed by atoms with Crippen LogP contribution in [0.1, 0.15) is 26.3 Å². The second-order valence-corrected chi connectivity index (χ2v) is 5.52. The summed E-state index contributed by atoms with van der Waals surface area (Å²) in [4.78, 5) is 11.8. The Morgan fingerprint density at radius 3 is 2.57 bits per heavy atom. The normalized spacial score (nSPS) is 12.2. The third-order valence-corrected chi connectivity index (χ3v) is 3.43. The molecule has 0 radical (unpaired) electrons. The summed E-state index contributed by atoms with van der Waals surface area (Å²) in [5, 5.41) is 9.98. The van der Waals surface area contributed by atoms with Crippen molar-refractivity contribution in [1.82, 2.24) is 15.1 Å². The number of hydrogen-bond acceptors (Lipinski definition) is 2. The van der Waals surface area contributed by atoms with Gasteiger partial charge in [-0.3, -0.25) is 10.00 Å². The summed E-state index contributed by atoms with van der Waals surface area (Å²) in [7, 11) is 0. The number of nitrogens with zero attached hydrogens (tertiary/aromatic N) is 2. The van der Waals surface area contributed by atoms with Crippen LogP contribution >= 0.6 is 0 Å². The van der Waals surface area contributed by atoms with Gasteiger partial charge in [0.2, 0.25) is 0 Å². The Balaban J connectivity index is 1.90. The van der Waals surface area contributed by atoms with Crippen LogP contribution in [-0.4, -0.2) is 21.9 Å². The van der Waals surface area contributed by atoms with E-state index in [0.29, 0.717) is 18.3 Å². The summed E-state index contributed by atoms with van der Waals surface area (Å²) < 4.78 is 1.80. The molecule has 2 rings (SSSR count). The van der Waals surface area contributed by atoms with E-state index in [1.54, 1.807) is 10.7 Å². The lowest BCUT2D eigenvalue weighted by Gasteiger charge is -2.17. The molecule has 0 saturated carbocycles. The first kappa shape index (κ1) is 15.1. The van der Waals surface area contributed by atoms with Crippen molar-refractivity contribution in [2.75, 3.05) is 5.32 Å². The summed E-state index contributed by atoms with van der Waals surface area (Å²) in [5.41, 5.74) is 1.17. The van der Waals surface area contributed by atoms with Gasteiger partial charge in [0.25, 0.3) is 0 Å². The molecule has 21 heavy (non-hydrogen) atoms. The zero-order valence-electron chi connectivity index (χ0n) is 12.7. The van der Waals surface area contributed by atoms with Gasteiger partial charge in [-0.25, -0.2) is 4.79 Å². The molecule has 2 N–H and O–H groups in total.